The molecule has 1 atom stereocenters. The zero-order valence-electron chi connectivity index (χ0n) is 6.00. The van der Waals surface area contributed by atoms with Gasteiger partial charge in [-0.2, -0.15) is 11.8 Å². The summed E-state index contributed by atoms with van der Waals surface area (Å²) in [6, 6.07) is 0. The molecule has 0 heterocycles. The highest BCUT2D eigenvalue weighted by Gasteiger charge is 1.88. The molecule has 0 saturated carbocycles. The van der Waals surface area contributed by atoms with E-state index in [2.05, 4.69) is 19.3 Å². The van der Waals surface area contributed by atoms with Crippen molar-refractivity contribution >= 4 is 11.8 Å². The number of aliphatic hydroxyl groups excluding tert-OH is 1. The second kappa shape index (κ2) is 6.17. The smallest absolute Gasteiger partial charge is 0.0465 e. The summed E-state index contributed by atoms with van der Waals surface area (Å²) in [4.78, 5) is 0. The Balaban J connectivity index is 3.20. The van der Waals surface area contributed by atoms with Gasteiger partial charge in [-0.3, -0.25) is 0 Å². The average molecular weight is 146 g/mol. The summed E-state index contributed by atoms with van der Waals surface area (Å²) in [5.41, 5.74) is 0. The third kappa shape index (κ3) is 5.93. The van der Waals surface area contributed by atoms with E-state index in [1.54, 1.807) is 11.8 Å². The van der Waals surface area contributed by atoms with Crippen LogP contribution in [0.15, 0.2) is 12.2 Å². The highest BCUT2D eigenvalue weighted by Crippen LogP contribution is 2.05. The molecule has 54 valence electrons. The van der Waals surface area contributed by atoms with E-state index in [1.807, 2.05) is 6.08 Å². The minimum absolute atomic E-state index is 0.262. The van der Waals surface area contributed by atoms with E-state index in [1.165, 1.54) is 0 Å². The maximum Gasteiger partial charge on any atom is 0.0465 e. The normalized spacial score (nSPS) is 14.6. The zero-order valence-corrected chi connectivity index (χ0v) is 6.82. The van der Waals surface area contributed by atoms with Crippen molar-refractivity contribution in [2.75, 3.05) is 12.9 Å². The third-order valence-electron chi connectivity index (χ3n) is 1.07. The van der Waals surface area contributed by atoms with Crippen LogP contribution in [0.2, 0.25) is 0 Å². The molecule has 0 aromatic heterocycles. The molecule has 0 radical (unpaired) electrons. The highest BCUT2D eigenvalue weighted by molar-refractivity contribution is 7.99. The summed E-state index contributed by atoms with van der Waals surface area (Å²) in [5.74, 6) is 0. The summed E-state index contributed by atoms with van der Waals surface area (Å²) in [6.07, 6.45) is 6.99. The fourth-order valence-corrected chi connectivity index (χ4v) is 0.709. The molecule has 0 aliphatic carbocycles. The van der Waals surface area contributed by atoms with Crippen LogP contribution in [-0.2, 0) is 0 Å². The zero-order chi connectivity index (χ0) is 7.11. The van der Waals surface area contributed by atoms with Gasteiger partial charge in [0.2, 0.25) is 0 Å². The van der Waals surface area contributed by atoms with E-state index in [0.717, 1.165) is 6.42 Å². The molecule has 2 heteroatoms. The third-order valence-corrected chi connectivity index (χ3v) is 1.98. The molecule has 1 unspecified atom stereocenters. The van der Waals surface area contributed by atoms with Crippen LogP contribution in [0.25, 0.3) is 0 Å². The van der Waals surface area contributed by atoms with Crippen LogP contribution in [-0.4, -0.2) is 23.2 Å². The van der Waals surface area contributed by atoms with Gasteiger partial charge in [-0.15, -0.1) is 0 Å². The van der Waals surface area contributed by atoms with Crippen LogP contribution in [0, 0.1) is 0 Å². The lowest BCUT2D eigenvalue weighted by molar-refractivity contribution is 0.302. The summed E-state index contributed by atoms with van der Waals surface area (Å²) in [5, 5.41) is 8.97. The van der Waals surface area contributed by atoms with Crippen molar-refractivity contribution in [2.24, 2.45) is 0 Å². The number of hydrogen-bond acceptors (Lipinski definition) is 2. The molecule has 0 saturated heterocycles. The summed E-state index contributed by atoms with van der Waals surface area (Å²) in [6.45, 7) is 2.40. The average Bonchev–Trinajstić information content (AvgIpc) is 1.89. The fraction of sp³-hybridized carbons (Fsp3) is 0.714. The predicted molar refractivity (Wildman–Crippen MR) is 43.8 cm³/mol. The number of thioether (sulfide) groups is 1. The van der Waals surface area contributed by atoms with Crippen molar-refractivity contribution in [3.63, 3.8) is 0 Å². The predicted octanol–water partition coefficient (Wildman–Crippen LogP) is 1.68. The first-order valence-electron chi connectivity index (χ1n) is 3.11. The second-order valence-corrected chi connectivity index (χ2v) is 3.10. The summed E-state index contributed by atoms with van der Waals surface area (Å²) >= 11 is 1.81. The number of rotatable bonds is 4. The Kier molecular flexibility index (Phi) is 6.21. The standard InChI is InChI=1S/C7H14OS/c1-7(9-2)5-3-4-6-8/h3,5,7-8H,4,6H2,1-2H3/b5-3+. The van der Waals surface area contributed by atoms with E-state index >= 15 is 0 Å². The van der Waals surface area contributed by atoms with E-state index in [9.17, 15) is 0 Å². The van der Waals surface area contributed by atoms with Gasteiger partial charge in [0, 0.05) is 11.9 Å². The summed E-state index contributed by atoms with van der Waals surface area (Å²) < 4.78 is 0. The Bertz CT molecular complexity index is 81.0. The van der Waals surface area contributed by atoms with Gasteiger partial charge in [0.1, 0.15) is 0 Å². The van der Waals surface area contributed by atoms with E-state index in [0.29, 0.717) is 5.25 Å². The molecule has 0 bridgehead atoms. The topological polar surface area (TPSA) is 20.2 Å². The molecule has 0 aromatic rings. The van der Waals surface area contributed by atoms with Gasteiger partial charge >= 0.3 is 0 Å². The van der Waals surface area contributed by atoms with Crippen LogP contribution in [0.1, 0.15) is 13.3 Å². The molecule has 0 rings (SSSR count). The molecule has 9 heavy (non-hydrogen) atoms. The minimum atomic E-state index is 0.262. The maximum atomic E-state index is 8.39. The first-order chi connectivity index (χ1) is 4.31. The van der Waals surface area contributed by atoms with Crippen LogP contribution in [0.3, 0.4) is 0 Å². The molecule has 1 nitrogen and oxygen atoms in total. The van der Waals surface area contributed by atoms with Crippen molar-refractivity contribution < 1.29 is 5.11 Å². The van der Waals surface area contributed by atoms with E-state index < -0.39 is 0 Å². The maximum absolute atomic E-state index is 8.39. The molecule has 0 amide bonds. The largest absolute Gasteiger partial charge is 0.396 e. The lowest BCUT2D eigenvalue weighted by Crippen LogP contribution is -1.87. The van der Waals surface area contributed by atoms with Crippen LogP contribution in [0.4, 0.5) is 0 Å². The van der Waals surface area contributed by atoms with Gasteiger partial charge in [-0.05, 0) is 19.6 Å². The quantitative estimate of drug-likeness (QED) is 0.609. The Labute approximate surface area is 61.2 Å². The Morgan fingerprint density at radius 1 is 1.67 bits per heavy atom. The van der Waals surface area contributed by atoms with Crippen molar-refractivity contribution in [2.45, 2.75) is 18.6 Å². The Morgan fingerprint density at radius 3 is 2.78 bits per heavy atom. The van der Waals surface area contributed by atoms with Gasteiger partial charge in [0.25, 0.3) is 0 Å². The monoisotopic (exact) mass is 146 g/mol. The Morgan fingerprint density at radius 2 is 2.33 bits per heavy atom. The van der Waals surface area contributed by atoms with Gasteiger partial charge in [-0.1, -0.05) is 12.2 Å². The number of hydrogen-bond donors (Lipinski definition) is 1. The SMILES string of the molecule is CSC(C)/C=C/CCO. The van der Waals surface area contributed by atoms with Gasteiger partial charge in [0.05, 0.1) is 0 Å². The van der Waals surface area contributed by atoms with Crippen LogP contribution in [0.5, 0.6) is 0 Å². The van der Waals surface area contributed by atoms with Crippen molar-refractivity contribution in [3.05, 3.63) is 12.2 Å². The fourth-order valence-electron chi connectivity index (χ4n) is 0.441. The first-order valence-corrected chi connectivity index (χ1v) is 4.40. The molecule has 0 spiro atoms. The lowest BCUT2D eigenvalue weighted by atomic mass is 10.3. The summed E-state index contributed by atoms with van der Waals surface area (Å²) in [7, 11) is 0. The van der Waals surface area contributed by atoms with Crippen LogP contribution >= 0.6 is 11.8 Å². The van der Waals surface area contributed by atoms with Crippen molar-refractivity contribution in [1.29, 1.82) is 0 Å². The van der Waals surface area contributed by atoms with Gasteiger partial charge in [0.15, 0.2) is 0 Å². The highest BCUT2D eigenvalue weighted by atomic mass is 32.2. The molecule has 0 aromatic carbocycles. The van der Waals surface area contributed by atoms with E-state index in [4.69, 9.17) is 5.11 Å². The molecular formula is C7H14OS. The second-order valence-electron chi connectivity index (χ2n) is 1.88. The van der Waals surface area contributed by atoms with Gasteiger partial charge in [-0.25, -0.2) is 0 Å². The molecule has 0 aliphatic rings. The minimum Gasteiger partial charge on any atom is -0.396 e. The number of aliphatic hydroxyl groups is 1. The van der Waals surface area contributed by atoms with Gasteiger partial charge < -0.3 is 5.11 Å². The molecule has 0 aliphatic heterocycles. The first kappa shape index (κ1) is 9.05. The Hall–Kier alpha value is 0.0500. The van der Waals surface area contributed by atoms with Crippen molar-refractivity contribution in [3.8, 4) is 0 Å². The van der Waals surface area contributed by atoms with Crippen molar-refractivity contribution in [1.82, 2.24) is 0 Å². The molecule has 0 fully saturated rings. The van der Waals surface area contributed by atoms with E-state index in [-0.39, 0.29) is 6.61 Å². The van der Waals surface area contributed by atoms with Crippen LogP contribution < -0.4 is 0 Å². The molecular weight excluding hydrogens is 132 g/mol. The molecule has 1 N–H and O–H groups in total. The lowest BCUT2D eigenvalue weighted by Gasteiger charge is -1.97.